The van der Waals surface area contributed by atoms with E-state index in [9.17, 15) is 8.42 Å². The van der Waals surface area contributed by atoms with Crippen molar-refractivity contribution in [3.05, 3.63) is 28.7 Å². The highest BCUT2D eigenvalue weighted by Gasteiger charge is 2.18. The average Bonchev–Trinajstić information content (AvgIpc) is 2.38. The number of nitrogens with zero attached hydrogens (tertiary/aromatic N) is 1. The number of rotatable bonds is 3. The lowest BCUT2D eigenvalue weighted by Gasteiger charge is -2.19. The molecule has 104 valence electrons. The van der Waals surface area contributed by atoms with Crippen LogP contribution in [0.5, 0.6) is 0 Å². The van der Waals surface area contributed by atoms with Gasteiger partial charge in [0.15, 0.2) is 0 Å². The molecule has 0 spiro atoms. The lowest BCUT2D eigenvalue weighted by Crippen LogP contribution is -2.24. The van der Waals surface area contributed by atoms with Crippen molar-refractivity contribution in [3.63, 3.8) is 0 Å². The molecule has 0 aliphatic heterocycles. The zero-order chi connectivity index (χ0) is 13.9. The smallest absolute Gasteiger partial charge is 0.200 e. The molecule has 1 fully saturated rings. The summed E-state index contributed by atoms with van der Waals surface area (Å²) in [5, 5.41) is 4.10. The van der Waals surface area contributed by atoms with Gasteiger partial charge in [0.1, 0.15) is 0 Å². The molecule has 2 rings (SSSR count). The molecule has 19 heavy (non-hydrogen) atoms. The maximum atomic E-state index is 12.1. The van der Waals surface area contributed by atoms with Crippen LogP contribution in [0.15, 0.2) is 38.7 Å². The van der Waals surface area contributed by atoms with Crippen LogP contribution in [0.3, 0.4) is 0 Å². The molecule has 6 heteroatoms. The Balaban J connectivity index is 2.13. The van der Waals surface area contributed by atoms with E-state index in [1.807, 2.05) is 0 Å². The molecule has 0 amide bonds. The Morgan fingerprint density at radius 1 is 1.26 bits per heavy atom. The molecule has 1 aromatic carbocycles. The molecule has 1 aliphatic rings. The van der Waals surface area contributed by atoms with Gasteiger partial charge in [-0.15, -0.1) is 0 Å². The molecule has 0 heterocycles. The van der Waals surface area contributed by atoms with Crippen LogP contribution in [0.4, 0.5) is 0 Å². The molecule has 4 nitrogen and oxygen atoms in total. The van der Waals surface area contributed by atoms with Gasteiger partial charge in [-0.3, -0.25) is 0 Å². The second kappa shape index (κ2) is 6.05. The first-order valence-electron chi connectivity index (χ1n) is 6.33. The highest BCUT2D eigenvalue weighted by Crippen LogP contribution is 2.21. The molecule has 1 aromatic rings. The van der Waals surface area contributed by atoms with Gasteiger partial charge in [0.2, 0.25) is 0 Å². The number of benzene rings is 1. The van der Waals surface area contributed by atoms with Crippen molar-refractivity contribution in [1.29, 1.82) is 0 Å². The molecule has 1 saturated carbocycles. The van der Waals surface area contributed by atoms with Gasteiger partial charge in [-0.1, -0.05) is 29.3 Å². The van der Waals surface area contributed by atoms with E-state index >= 15 is 0 Å². The largest absolute Gasteiger partial charge is 0.276 e. The van der Waals surface area contributed by atoms with Gasteiger partial charge in [-0.05, 0) is 49.4 Å². The normalized spacial score (nSPS) is 22.4. The Kier molecular flexibility index (Phi) is 4.62. The lowest BCUT2D eigenvalue weighted by atomic mass is 9.89. The molecule has 1 atom stereocenters. The number of halogens is 1. The number of nitrogens with one attached hydrogen (secondary N) is 1. The minimum absolute atomic E-state index is 0.225. The Bertz CT molecular complexity index is 567. The number of hydrogen-bond donors (Lipinski definition) is 1. The van der Waals surface area contributed by atoms with Crippen LogP contribution in [0, 0.1) is 5.92 Å². The maximum absolute atomic E-state index is 12.1. The van der Waals surface area contributed by atoms with E-state index in [0.29, 0.717) is 5.92 Å². The monoisotopic (exact) mass is 344 g/mol. The van der Waals surface area contributed by atoms with Crippen LogP contribution in [0.25, 0.3) is 0 Å². The van der Waals surface area contributed by atoms with Gasteiger partial charge in [0.05, 0.1) is 4.90 Å². The fourth-order valence-electron chi connectivity index (χ4n) is 2.12. The van der Waals surface area contributed by atoms with Crippen molar-refractivity contribution < 1.29 is 8.42 Å². The zero-order valence-corrected chi connectivity index (χ0v) is 13.2. The predicted octanol–water partition coefficient (Wildman–Crippen LogP) is 3.29. The first kappa shape index (κ1) is 14.5. The van der Waals surface area contributed by atoms with Gasteiger partial charge in [0.25, 0.3) is 10.0 Å². The van der Waals surface area contributed by atoms with Gasteiger partial charge < -0.3 is 0 Å². The van der Waals surface area contributed by atoms with Crippen molar-refractivity contribution in [2.24, 2.45) is 11.0 Å². The van der Waals surface area contributed by atoms with Gasteiger partial charge in [-0.2, -0.15) is 13.5 Å². The summed E-state index contributed by atoms with van der Waals surface area (Å²) >= 11 is 3.28. The van der Waals surface area contributed by atoms with Crippen LogP contribution < -0.4 is 4.83 Å². The fraction of sp³-hybridized carbons (Fsp3) is 0.462. The quantitative estimate of drug-likeness (QED) is 0.855. The first-order valence-corrected chi connectivity index (χ1v) is 8.60. The van der Waals surface area contributed by atoms with E-state index in [-0.39, 0.29) is 4.90 Å². The second-order valence-corrected chi connectivity index (χ2v) is 7.38. The summed E-state index contributed by atoms with van der Waals surface area (Å²) in [6.45, 7) is 2.09. The summed E-state index contributed by atoms with van der Waals surface area (Å²) in [6, 6.07) is 6.50. The molecule has 0 radical (unpaired) electrons. The third kappa shape index (κ3) is 3.79. The third-order valence-electron chi connectivity index (χ3n) is 3.32. The molecule has 0 saturated heterocycles. The highest BCUT2D eigenvalue weighted by atomic mass is 79.9. The standard InChI is InChI=1S/C13H17BrN2O2S/c1-10-4-2-3-5-13(10)15-16-19(17,18)12-8-6-11(14)7-9-12/h6-10,16H,2-5H2,1H3/b15-13-/t10-/m1/s1. The maximum Gasteiger partial charge on any atom is 0.276 e. The summed E-state index contributed by atoms with van der Waals surface area (Å²) in [6.07, 6.45) is 4.24. The lowest BCUT2D eigenvalue weighted by molar-refractivity contribution is 0.552. The van der Waals surface area contributed by atoms with Gasteiger partial charge >= 0.3 is 0 Å². The van der Waals surface area contributed by atoms with Crippen LogP contribution in [0.2, 0.25) is 0 Å². The summed E-state index contributed by atoms with van der Waals surface area (Å²) in [5.74, 6) is 0.362. The van der Waals surface area contributed by atoms with Crippen molar-refractivity contribution >= 4 is 31.7 Å². The Morgan fingerprint density at radius 3 is 2.58 bits per heavy atom. The van der Waals surface area contributed by atoms with Crippen molar-refractivity contribution in [3.8, 4) is 0 Å². The number of hydrazone groups is 1. The summed E-state index contributed by atoms with van der Waals surface area (Å²) in [4.78, 5) is 2.57. The Labute approximate surface area is 122 Å². The zero-order valence-electron chi connectivity index (χ0n) is 10.8. The first-order chi connectivity index (χ1) is 8.99. The summed E-state index contributed by atoms with van der Waals surface area (Å²) in [7, 11) is -3.56. The van der Waals surface area contributed by atoms with Crippen LogP contribution in [-0.4, -0.2) is 14.1 Å². The van der Waals surface area contributed by atoms with E-state index in [2.05, 4.69) is 32.8 Å². The Morgan fingerprint density at radius 2 is 1.95 bits per heavy atom. The molecular formula is C13H17BrN2O2S. The number of hydrogen-bond acceptors (Lipinski definition) is 3. The second-order valence-electron chi connectivity index (χ2n) is 4.80. The molecule has 0 aromatic heterocycles. The molecule has 1 aliphatic carbocycles. The molecular weight excluding hydrogens is 328 g/mol. The topological polar surface area (TPSA) is 58.5 Å². The van der Waals surface area contributed by atoms with Crippen molar-refractivity contribution in [1.82, 2.24) is 4.83 Å². The Hall–Kier alpha value is -0.880. The van der Waals surface area contributed by atoms with Crippen LogP contribution in [0.1, 0.15) is 32.6 Å². The molecule has 0 unspecified atom stereocenters. The predicted molar refractivity (Wildman–Crippen MR) is 79.5 cm³/mol. The minimum Gasteiger partial charge on any atom is -0.200 e. The van der Waals surface area contributed by atoms with Gasteiger partial charge in [0, 0.05) is 10.2 Å². The summed E-state index contributed by atoms with van der Waals surface area (Å²) in [5.41, 5.74) is 0.951. The minimum atomic E-state index is -3.56. The van der Waals surface area contributed by atoms with E-state index < -0.39 is 10.0 Å². The molecule has 1 N–H and O–H groups in total. The average molecular weight is 345 g/mol. The SMILES string of the molecule is C[C@@H]1CCCC/C1=N/NS(=O)(=O)c1ccc(Br)cc1. The highest BCUT2D eigenvalue weighted by molar-refractivity contribution is 9.10. The number of sulfonamides is 1. The van der Waals surface area contributed by atoms with E-state index in [1.54, 1.807) is 24.3 Å². The van der Waals surface area contributed by atoms with Gasteiger partial charge in [-0.25, -0.2) is 4.83 Å². The van der Waals surface area contributed by atoms with E-state index in [4.69, 9.17) is 0 Å². The van der Waals surface area contributed by atoms with Crippen molar-refractivity contribution in [2.75, 3.05) is 0 Å². The molecule has 0 bridgehead atoms. The van der Waals surface area contributed by atoms with E-state index in [1.165, 1.54) is 6.42 Å². The fourth-order valence-corrected chi connectivity index (χ4v) is 3.22. The van der Waals surface area contributed by atoms with Crippen LogP contribution in [-0.2, 0) is 10.0 Å². The van der Waals surface area contributed by atoms with E-state index in [0.717, 1.165) is 29.4 Å². The van der Waals surface area contributed by atoms with Crippen molar-refractivity contribution in [2.45, 2.75) is 37.5 Å². The van der Waals surface area contributed by atoms with Crippen LogP contribution >= 0.6 is 15.9 Å². The summed E-state index contributed by atoms with van der Waals surface area (Å²) < 4.78 is 25.0. The third-order valence-corrected chi connectivity index (χ3v) is 5.08.